The number of hydrogen-bond donors (Lipinski definition) is 1. The standard InChI is InChI=1S/C20H27NO4/c1-14(2)25-19-8-6-15(10-20(19)24-5)12-21-13-16-11-17(22-3)7-9-18(16)23-4/h6-11,14,21H,12-13H2,1-5H3. The van der Waals surface area contributed by atoms with Gasteiger partial charge in [-0.15, -0.1) is 0 Å². The van der Waals surface area contributed by atoms with Crippen molar-refractivity contribution in [3.63, 3.8) is 0 Å². The highest BCUT2D eigenvalue weighted by Gasteiger charge is 2.08. The average Bonchev–Trinajstić information content (AvgIpc) is 2.62. The summed E-state index contributed by atoms with van der Waals surface area (Å²) in [6, 6.07) is 11.8. The Morgan fingerprint density at radius 3 is 2.16 bits per heavy atom. The van der Waals surface area contributed by atoms with Gasteiger partial charge in [0, 0.05) is 18.7 Å². The molecule has 0 amide bonds. The first kappa shape index (κ1) is 18.9. The van der Waals surface area contributed by atoms with Crippen LogP contribution in [-0.2, 0) is 13.1 Å². The largest absolute Gasteiger partial charge is 0.497 e. The molecule has 1 N–H and O–H groups in total. The summed E-state index contributed by atoms with van der Waals surface area (Å²) in [6.45, 7) is 5.37. The molecule has 5 nitrogen and oxygen atoms in total. The van der Waals surface area contributed by atoms with Gasteiger partial charge in [-0.05, 0) is 49.7 Å². The van der Waals surface area contributed by atoms with Gasteiger partial charge in [-0.1, -0.05) is 6.07 Å². The molecular weight excluding hydrogens is 318 g/mol. The smallest absolute Gasteiger partial charge is 0.161 e. The Bertz CT molecular complexity index is 685. The van der Waals surface area contributed by atoms with E-state index >= 15 is 0 Å². The third kappa shape index (κ3) is 5.29. The molecule has 0 aliphatic carbocycles. The van der Waals surface area contributed by atoms with E-state index in [0.717, 1.165) is 34.1 Å². The molecule has 0 spiro atoms. The minimum atomic E-state index is 0.110. The SMILES string of the molecule is COc1ccc(OC)c(CNCc2ccc(OC(C)C)c(OC)c2)c1. The molecule has 2 aromatic rings. The summed E-state index contributed by atoms with van der Waals surface area (Å²) in [7, 11) is 4.98. The Hall–Kier alpha value is -2.40. The number of ether oxygens (including phenoxy) is 4. The average molecular weight is 345 g/mol. The summed E-state index contributed by atoms with van der Waals surface area (Å²) in [5.74, 6) is 3.16. The van der Waals surface area contributed by atoms with E-state index < -0.39 is 0 Å². The molecule has 0 heterocycles. The first-order valence-electron chi connectivity index (χ1n) is 8.32. The molecule has 0 bridgehead atoms. The van der Waals surface area contributed by atoms with Crippen LogP contribution in [0.15, 0.2) is 36.4 Å². The van der Waals surface area contributed by atoms with Crippen LogP contribution < -0.4 is 24.3 Å². The van der Waals surface area contributed by atoms with E-state index in [4.69, 9.17) is 18.9 Å². The normalized spacial score (nSPS) is 10.6. The van der Waals surface area contributed by atoms with Crippen LogP contribution in [0.2, 0.25) is 0 Å². The van der Waals surface area contributed by atoms with E-state index in [-0.39, 0.29) is 6.10 Å². The quantitative estimate of drug-likeness (QED) is 0.749. The fourth-order valence-electron chi connectivity index (χ4n) is 2.53. The van der Waals surface area contributed by atoms with Crippen molar-refractivity contribution in [2.75, 3.05) is 21.3 Å². The van der Waals surface area contributed by atoms with Gasteiger partial charge in [-0.3, -0.25) is 0 Å². The van der Waals surface area contributed by atoms with Gasteiger partial charge in [0.25, 0.3) is 0 Å². The molecule has 25 heavy (non-hydrogen) atoms. The highest BCUT2D eigenvalue weighted by atomic mass is 16.5. The van der Waals surface area contributed by atoms with E-state index in [2.05, 4.69) is 5.32 Å². The predicted molar refractivity (Wildman–Crippen MR) is 98.8 cm³/mol. The summed E-state index contributed by atoms with van der Waals surface area (Å²) >= 11 is 0. The van der Waals surface area contributed by atoms with E-state index in [0.29, 0.717) is 13.1 Å². The molecule has 5 heteroatoms. The number of benzene rings is 2. The number of nitrogens with one attached hydrogen (secondary N) is 1. The zero-order valence-corrected chi connectivity index (χ0v) is 15.6. The minimum absolute atomic E-state index is 0.110. The monoisotopic (exact) mass is 345 g/mol. The van der Waals surface area contributed by atoms with E-state index in [1.54, 1.807) is 21.3 Å². The molecule has 0 fully saturated rings. The maximum Gasteiger partial charge on any atom is 0.161 e. The Balaban J connectivity index is 2.02. The lowest BCUT2D eigenvalue weighted by Crippen LogP contribution is -2.14. The van der Waals surface area contributed by atoms with Crippen LogP contribution in [0, 0.1) is 0 Å². The van der Waals surface area contributed by atoms with Crippen LogP contribution in [0.1, 0.15) is 25.0 Å². The number of rotatable bonds is 9. The lowest BCUT2D eigenvalue weighted by atomic mass is 10.1. The predicted octanol–water partition coefficient (Wildman–Crippen LogP) is 3.79. The van der Waals surface area contributed by atoms with Gasteiger partial charge in [0.15, 0.2) is 11.5 Å². The van der Waals surface area contributed by atoms with Crippen molar-refractivity contribution >= 4 is 0 Å². The molecule has 2 rings (SSSR count). The Kier molecular flexibility index (Phi) is 6.95. The lowest BCUT2D eigenvalue weighted by molar-refractivity contribution is 0.230. The summed E-state index contributed by atoms with van der Waals surface area (Å²) in [5.41, 5.74) is 2.17. The molecule has 0 saturated carbocycles. The third-order valence-corrected chi connectivity index (χ3v) is 3.72. The van der Waals surface area contributed by atoms with Crippen LogP contribution >= 0.6 is 0 Å². The topological polar surface area (TPSA) is 49.0 Å². The van der Waals surface area contributed by atoms with Crippen molar-refractivity contribution in [2.24, 2.45) is 0 Å². The van der Waals surface area contributed by atoms with E-state index in [1.165, 1.54) is 0 Å². The second-order valence-corrected chi connectivity index (χ2v) is 5.93. The number of methoxy groups -OCH3 is 3. The molecule has 0 unspecified atom stereocenters. The van der Waals surface area contributed by atoms with Crippen molar-refractivity contribution in [1.29, 1.82) is 0 Å². The van der Waals surface area contributed by atoms with Crippen LogP contribution in [-0.4, -0.2) is 27.4 Å². The van der Waals surface area contributed by atoms with Gasteiger partial charge >= 0.3 is 0 Å². The van der Waals surface area contributed by atoms with Crippen LogP contribution in [0.5, 0.6) is 23.0 Å². The first-order chi connectivity index (χ1) is 12.1. The molecule has 0 aliphatic rings. The fourth-order valence-corrected chi connectivity index (χ4v) is 2.53. The van der Waals surface area contributed by atoms with Gasteiger partial charge in [0.2, 0.25) is 0 Å². The van der Waals surface area contributed by atoms with Crippen molar-refractivity contribution < 1.29 is 18.9 Å². The van der Waals surface area contributed by atoms with Gasteiger partial charge in [0.1, 0.15) is 11.5 Å². The van der Waals surface area contributed by atoms with Gasteiger partial charge in [0.05, 0.1) is 27.4 Å². The molecule has 136 valence electrons. The van der Waals surface area contributed by atoms with Crippen LogP contribution in [0.25, 0.3) is 0 Å². The Morgan fingerprint density at radius 1 is 0.800 bits per heavy atom. The second-order valence-electron chi connectivity index (χ2n) is 5.93. The molecule has 2 aromatic carbocycles. The Labute approximate surface area is 149 Å². The summed E-state index contributed by atoms with van der Waals surface area (Å²) in [5, 5.41) is 3.42. The van der Waals surface area contributed by atoms with E-state index in [9.17, 15) is 0 Å². The highest BCUT2D eigenvalue weighted by Crippen LogP contribution is 2.29. The fraction of sp³-hybridized carbons (Fsp3) is 0.400. The molecule has 0 atom stereocenters. The van der Waals surface area contributed by atoms with E-state index in [1.807, 2.05) is 50.2 Å². The van der Waals surface area contributed by atoms with Crippen molar-refractivity contribution in [1.82, 2.24) is 5.32 Å². The highest BCUT2D eigenvalue weighted by molar-refractivity contribution is 5.43. The molecule has 0 aromatic heterocycles. The van der Waals surface area contributed by atoms with Gasteiger partial charge < -0.3 is 24.3 Å². The maximum absolute atomic E-state index is 5.74. The molecule has 0 radical (unpaired) electrons. The first-order valence-corrected chi connectivity index (χ1v) is 8.32. The van der Waals surface area contributed by atoms with Gasteiger partial charge in [-0.25, -0.2) is 0 Å². The van der Waals surface area contributed by atoms with Crippen molar-refractivity contribution in [3.05, 3.63) is 47.5 Å². The van der Waals surface area contributed by atoms with Gasteiger partial charge in [-0.2, -0.15) is 0 Å². The molecular formula is C20H27NO4. The molecule has 0 saturated heterocycles. The summed E-state index contributed by atoms with van der Waals surface area (Å²) in [6.07, 6.45) is 0.110. The van der Waals surface area contributed by atoms with Crippen LogP contribution in [0.4, 0.5) is 0 Å². The van der Waals surface area contributed by atoms with Crippen molar-refractivity contribution in [3.8, 4) is 23.0 Å². The zero-order chi connectivity index (χ0) is 18.2. The third-order valence-electron chi connectivity index (χ3n) is 3.72. The zero-order valence-electron chi connectivity index (χ0n) is 15.6. The lowest BCUT2D eigenvalue weighted by Gasteiger charge is -2.15. The minimum Gasteiger partial charge on any atom is -0.497 e. The van der Waals surface area contributed by atoms with Crippen molar-refractivity contribution in [2.45, 2.75) is 33.0 Å². The Morgan fingerprint density at radius 2 is 1.52 bits per heavy atom. The summed E-state index contributed by atoms with van der Waals surface area (Å²) in [4.78, 5) is 0. The maximum atomic E-state index is 5.74. The number of hydrogen-bond acceptors (Lipinski definition) is 5. The van der Waals surface area contributed by atoms with Crippen LogP contribution in [0.3, 0.4) is 0 Å². The molecule has 0 aliphatic heterocycles. The summed E-state index contributed by atoms with van der Waals surface area (Å²) < 4.78 is 21.9. The second kappa shape index (κ2) is 9.18.